The first kappa shape index (κ1) is 19.9. The molecule has 0 spiro atoms. The summed E-state index contributed by atoms with van der Waals surface area (Å²) in [7, 11) is 0. The molecule has 0 saturated carbocycles. The fourth-order valence-electron chi connectivity index (χ4n) is 2.80. The second-order valence-corrected chi connectivity index (χ2v) is 6.84. The monoisotopic (exact) mass is 318 g/mol. The van der Waals surface area contributed by atoms with E-state index in [0.717, 1.165) is 12.8 Å². The maximum Gasteiger partial charge on any atom is 0.160 e. The topological polar surface area (TPSA) is 29.5 Å². The van der Waals surface area contributed by atoms with Gasteiger partial charge in [0.1, 0.15) is 0 Å². The van der Waals surface area contributed by atoms with Crippen molar-refractivity contribution in [2.45, 2.75) is 83.5 Å². The van der Waals surface area contributed by atoms with Crippen LogP contribution < -0.4 is 0 Å². The van der Waals surface area contributed by atoms with Crippen molar-refractivity contribution >= 4 is 0 Å². The van der Waals surface area contributed by atoms with E-state index in [2.05, 4.69) is 36.9 Å². The molecule has 0 aliphatic rings. The minimum atomic E-state index is -1.07. The van der Waals surface area contributed by atoms with E-state index in [1.165, 1.54) is 50.5 Å². The van der Waals surface area contributed by atoms with Gasteiger partial charge in [0.25, 0.3) is 0 Å². The van der Waals surface area contributed by atoms with Crippen LogP contribution in [-0.2, 0) is 11.2 Å². The van der Waals surface area contributed by atoms with Gasteiger partial charge in [-0.05, 0) is 38.7 Å². The van der Waals surface area contributed by atoms with Crippen LogP contribution in [0.2, 0.25) is 0 Å². The van der Waals surface area contributed by atoms with Crippen molar-refractivity contribution in [1.82, 2.24) is 0 Å². The van der Waals surface area contributed by atoms with Gasteiger partial charge in [0.05, 0.1) is 6.10 Å². The van der Waals surface area contributed by atoms with Crippen LogP contribution in [-0.4, -0.2) is 17.0 Å². The summed E-state index contributed by atoms with van der Waals surface area (Å²) < 4.78 is 5.53. The first-order valence-electron chi connectivity index (χ1n) is 9.08. The molecule has 1 aromatic rings. The zero-order valence-corrected chi connectivity index (χ0v) is 15.0. The summed E-state index contributed by atoms with van der Waals surface area (Å²) in [5, 5.41) is 9.65. The summed E-state index contributed by atoms with van der Waals surface area (Å²) in [6.45, 7) is 7.11. The molecule has 0 bridgehead atoms. The van der Waals surface area contributed by atoms with Gasteiger partial charge in [-0.2, -0.15) is 0 Å². The Morgan fingerprint density at radius 3 is 2.13 bits per heavy atom. The number of aryl methyl sites for hydroxylation is 1. The molecule has 0 radical (unpaired) electrons. The number of rotatable bonds is 13. The molecule has 1 aromatic carbocycles. The molecule has 0 amide bonds. The fraction of sp³-hybridized carbons (Fsp3) is 0.619. The number of hydrogen-bond donors (Lipinski definition) is 1. The standard InChI is InChI=1S/C21H34O2/c1-4-20(23-21(2,3)22)18-14-9-7-5-6-8-11-15-19-16-12-10-13-17-19/h4,10,12-13,16-17,20,22H,1,5-9,11,14-15,18H2,2-3H3. The van der Waals surface area contributed by atoms with E-state index in [1.54, 1.807) is 19.9 Å². The van der Waals surface area contributed by atoms with Gasteiger partial charge in [-0.15, -0.1) is 6.58 Å². The zero-order chi connectivity index (χ0) is 17.0. The minimum absolute atomic E-state index is 0.0409. The highest BCUT2D eigenvalue weighted by molar-refractivity contribution is 5.14. The molecule has 2 heteroatoms. The summed E-state index contributed by atoms with van der Waals surface area (Å²) in [5.41, 5.74) is 1.45. The number of hydrogen-bond acceptors (Lipinski definition) is 2. The Morgan fingerprint density at radius 2 is 1.57 bits per heavy atom. The first-order chi connectivity index (χ1) is 11.0. The van der Waals surface area contributed by atoms with Gasteiger partial charge in [-0.25, -0.2) is 0 Å². The van der Waals surface area contributed by atoms with Crippen LogP contribution in [0.1, 0.15) is 70.8 Å². The number of benzene rings is 1. The van der Waals surface area contributed by atoms with Crippen LogP contribution in [0.15, 0.2) is 43.0 Å². The summed E-state index contributed by atoms with van der Waals surface area (Å²) in [6.07, 6.45) is 12.8. The number of ether oxygens (including phenoxy) is 1. The van der Waals surface area contributed by atoms with Gasteiger partial charge in [0, 0.05) is 0 Å². The zero-order valence-electron chi connectivity index (χ0n) is 15.0. The Balaban J connectivity index is 1.94. The van der Waals surface area contributed by atoms with Crippen molar-refractivity contribution in [3.8, 4) is 0 Å². The quantitative estimate of drug-likeness (QED) is 0.289. The third-order valence-electron chi connectivity index (χ3n) is 4.00. The van der Waals surface area contributed by atoms with Crippen molar-refractivity contribution in [1.29, 1.82) is 0 Å². The molecule has 1 atom stereocenters. The SMILES string of the molecule is C=CC(CCCCCCCCCc1ccccc1)OC(C)(C)O. The lowest BCUT2D eigenvalue weighted by molar-refractivity contribution is -0.195. The van der Waals surface area contributed by atoms with Crippen LogP contribution >= 0.6 is 0 Å². The normalized spacial score (nSPS) is 13.0. The van der Waals surface area contributed by atoms with Crippen LogP contribution in [0.5, 0.6) is 0 Å². The van der Waals surface area contributed by atoms with Gasteiger partial charge < -0.3 is 9.84 Å². The Labute approximate surface area is 142 Å². The fourth-order valence-corrected chi connectivity index (χ4v) is 2.80. The molecule has 130 valence electrons. The Kier molecular flexibility index (Phi) is 9.89. The Bertz CT molecular complexity index is 406. The maximum atomic E-state index is 9.65. The van der Waals surface area contributed by atoms with E-state index in [-0.39, 0.29) is 6.10 Å². The summed E-state index contributed by atoms with van der Waals surface area (Å²) >= 11 is 0. The molecule has 1 N–H and O–H groups in total. The van der Waals surface area contributed by atoms with Crippen molar-refractivity contribution in [3.63, 3.8) is 0 Å². The van der Waals surface area contributed by atoms with E-state index in [0.29, 0.717) is 0 Å². The predicted molar refractivity (Wildman–Crippen MR) is 98.4 cm³/mol. The van der Waals surface area contributed by atoms with Crippen LogP contribution in [0.3, 0.4) is 0 Å². The van der Waals surface area contributed by atoms with Gasteiger partial charge >= 0.3 is 0 Å². The van der Waals surface area contributed by atoms with Gasteiger partial charge in [-0.3, -0.25) is 0 Å². The van der Waals surface area contributed by atoms with Crippen LogP contribution in [0, 0.1) is 0 Å². The molecule has 0 aliphatic heterocycles. The highest BCUT2D eigenvalue weighted by Gasteiger charge is 2.17. The van der Waals surface area contributed by atoms with E-state index in [9.17, 15) is 5.11 Å². The predicted octanol–water partition coefficient (Wildman–Crippen LogP) is 5.65. The Hall–Kier alpha value is -1.12. The maximum absolute atomic E-state index is 9.65. The molecular formula is C21H34O2. The van der Waals surface area contributed by atoms with Crippen molar-refractivity contribution in [2.75, 3.05) is 0 Å². The molecule has 2 nitrogen and oxygen atoms in total. The molecular weight excluding hydrogens is 284 g/mol. The average Bonchev–Trinajstić information content (AvgIpc) is 2.52. The van der Waals surface area contributed by atoms with E-state index in [4.69, 9.17) is 4.74 Å². The van der Waals surface area contributed by atoms with Crippen LogP contribution in [0.4, 0.5) is 0 Å². The Morgan fingerprint density at radius 1 is 1.00 bits per heavy atom. The summed E-state index contributed by atoms with van der Waals surface area (Å²) in [4.78, 5) is 0. The molecule has 0 saturated heterocycles. The second-order valence-electron chi connectivity index (χ2n) is 6.84. The minimum Gasteiger partial charge on any atom is -0.366 e. The average molecular weight is 319 g/mol. The largest absolute Gasteiger partial charge is 0.366 e. The number of aliphatic hydroxyl groups is 1. The van der Waals surface area contributed by atoms with E-state index < -0.39 is 5.79 Å². The molecule has 0 aliphatic carbocycles. The number of unbranched alkanes of at least 4 members (excludes halogenated alkanes) is 6. The van der Waals surface area contributed by atoms with Gasteiger partial charge in [0.2, 0.25) is 0 Å². The lowest BCUT2D eigenvalue weighted by atomic mass is 10.0. The van der Waals surface area contributed by atoms with E-state index in [1.807, 2.05) is 0 Å². The molecule has 0 aromatic heterocycles. The molecule has 0 fully saturated rings. The third-order valence-corrected chi connectivity index (χ3v) is 4.00. The van der Waals surface area contributed by atoms with Crippen LogP contribution in [0.25, 0.3) is 0 Å². The van der Waals surface area contributed by atoms with Gasteiger partial charge in [0.15, 0.2) is 5.79 Å². The lowest BCUT2D eigenvalue weighted by Crippen LogP contribution is -2.29. The van der Waals surface area contributed by atoms with Crippen molar-refractivity contribution in [2.24, 2.45) is 0 Å². The molecule has 1 unspecified atom stereocenters. The lowest BCUT2D eigenvalue weighted by Gasteiger charge is -2.24. The van der Waals surface area contributed by atoms with E-state index >= 15 is 0 Å². The van der Waals surface area contributed by atoms with Crippen molar-refractivity contribution in [3.05, 3.63) is 48.6 Å². The summed E-state index contributed by atoms with van der Waals surface area (Å²) in [5.74, 6) is -1.07. The third kappa shape index (κ3) is 11.1. The highest BCUT2D eigenvalue weighted by Crippen LogP contribution is 2.16. The molecule has 0 heterocycles. The molecule has 23 heavy (non-hydrogen) atoms. The van der Waals surface area contributed by atoms with Gasteiger partial charge in [-0.1, -0.05) is 74.9 Å². The molecule has 1 rings (SSSR count). The highest BCUT2D eigenvalue weighted by atomic mass is 16.6. The summed E-state index contributed by atoms with van der Waals surface area (Å²) in [6, 6.07) is 10.7. The second kappa shape index (κ2) is 11.4. The smallest absolute Gasteiger partial charge is 0.160 e. The van der Waals surface area contributed by atoms with Crippen molar-refractivity contribution < 1.29 is 9.84 Å². The first-order valence-corrected chi connectivity index (χ1v) is 9.08.